The van der Waals surface area contributed by atoms with Crippen molar-refractivity contribution in [3.8, 4) is 17.1 Å². The second-order valence-corrected chi connectivity index (χ2v) is 6.81. The van der Waals surface area contributed by atoms with Gasteiger partial charge >= 0.3 is 0 Å². The Kier molecular flexibility index (Phi) is 8.32. The summed E-state index contributed by atoms with van der Waals surface area (Å²) in [6, 6.07) is 11.5. The number of hydrogen-bond acceptors (Lipinski definition) is 6. The van der Waals surface area contributed by atoms with Crippen molar-refractivity contribution in [3.63, 3.8) is 0 Å². The average molecular weight is 412 g/mol. The van der Waals surface area contributed by atoms with Gasteiger partial charge in [0, 0.05) is 38.5 Å². The summed E-state index contributed by atoms with van der Waals surface area (Å²) in [7, 11) is 3.42. The van der Waals surface area contributed by atoms with Crippen LogP contribution in [0.5, 0.6) is 5.75 Å². The predicted octanol–water partition coefficient (Wildman–Crippen LogP) is 3.46. The van der Waals surface area contributed by atoms with E-state index in [0.717, 1.165) is 68.2 Å². The van der Waals surface area contributed by atoms with Gasteiger partial charge in [0.05, 0.1) is 13.4 Å². The number of aryl methyl sites for hydroxylation is 1. The van der Waals surface area contributed by atoms with Crippen molar-refractivity contribution in [2.45, 2.75) is 32.1 Å². The van der Waals surface area contributed by atoms with Crippen LogP contribution in [0.1, 0.15) is 30.9 Å². The molecule has 160 valence electrons. The first-order valence-corrected chi connectivity index (χ1v) is 10.2. The van der Waals surface area contributed by atoms with Crippen LogP contribution in [0.4, 0.5) is 0 Å². The highest BCUT2D eigenvalue weighted by Gasteiger charge is 2.08. The molecule has 8 nitrogen and oxygen atoms in total. The van der Waals surface area contributed by atoms with Gasteiger partial charge in [-0.05, 0) is 49.2 Å². The maximum Gasteiger partial charge on any atom is 0.226 e. The molecule has 0 amide bonds. The first kappa shape index (κ1) is 21.4. The molecule has 2 heterocycles. The van der Waals surface area contributed by atoms with Gasteiger partial charge in [-0.1, -0.05) is 11.6 Å². The zero-order valence-corrected chi connectivity index (χ0v) is 17.6. The number of furan rings is 1. The minimum absolute atomic E-state index is 0.610. The standard InChI is InChI=1S/C22H29N5O3/c1-23-22(25-15-13-19-7-6-16-29-19)24-14-5-3-4-8-20-26-21(27-30-20)17-9-11-18(28-2)12-10-17/h6-7,9-12,16H,3-5,8,13-15H2,1-2H3,(H2,23,24,25). The third kappa shape index (κ3) is 6.65. The van der Waals surface area contributed by atoms with E-state index in [-0.39, 0.29) is 0 Å². The molecule has 1 aromatic carbocycles. The number of aliphatic imine (C=N–C) groups is 1. The van der Waals surface area contributed by atoms with E-state index in [1.807, 2.05) is 36.4 Å². The first-order valence-electron chi connectivity index (χ1n) is 10.2. The quantitative estimate of drug-likeness (QED) is 0.283. The van der Waals surface area contributed by atoms with E-state index >= 15 is 0 Å². The fourth-order valence-corrected chi connectivity index (χ4v) is 2.98. The molecule has 2 aromatic heterocycles. The zero-order chi connectivity index (χ0) is 21.0. The molecular weight excluding hydrogens is 382 g/mol. The van der Waals surface area contributed by atoms with Gasteiger partial charge in [-0.3, -0.25) is 4.99 Å². The van der Waals surface area contributed by atoms with Gasteiger partial charge in [-0.2, -0.15) is 4.98 Å². The normalized spacial score (nSPS) is 11.5. The molecule has 2 N–H and O–H groups in total. The molecule has 0 bridgehead atoms. The lowest BCUT2D eigenvalue weighted by atomic mass is 10.2. The molecule has 0 aliphatic heterocycles. The van der Waals surface area contributed by atoms with Crippen LogP contribution < -0.4 is 15.4 Å². The van der Waals surface area contributed by atoms with E-state index in [1.54, 1.807) is 20.4 Å². The molecule has 0 radical (unpaired) electrons. The molecule has 0 aliphatic rings. The van der Waals surface area contributed by atoms with Crippen molar-refractivity contribution in [1.29, 1.82) is 0 Å². The Labute approximate surface area is 176 Å². The van der Waals surface area contributed by atoms with E-state index in [0.29, 0.717) is 11.7 Å². The minimum atomic E-state index is 0.610. The van der Waals surface area contributed by atoms with E-state index < -0.39 is 0 Å². The molecule has 0 saturated carbocycles. The topological polar surface area (TPSA) is 97.7 Å². The monoisotopic (exact) mass is 411 g/mol. The van der Waals surface area contributed by atoms with Crippen LogP contribution in [-0.2, 0) is 12.8 Å². The van der Waals surface area contributed by atoms with Crippen LogP contribution in [0.2, 0.25) is 0 Å². The maximum atomic E-state index is 5.37. The minimum Gasteiger partial charge on any atom is -0.497 e. The molecule has 30 heavy (non-hydrogen) atoms. The van der Waals surface area contributed by atoms with Crippen molar-refractivity contribution in [1.82, 2.24) is 20.8 Å². The highest BCUT2D eigenvalue weighted by molar-refractivity contribution is 5.79. The van der Waals surface area contributed by atoms with Crippen LogP contribution in [-0.4, -0.2) is 43.3 Å². The molecular formula is C22H29N5O3. The zero-order valence-electron chi connectivity index (χ0n) is 17.6. The Morgan fingerprint density at radius 2 is 1.87 bits per heavy atom. The molecule has 3 aromatic rings. The lowest BCUT2D eigenvalue weighted by Gasteiger charge is -2.11. The molecule has 0 atom stereocenters. The molecule has 0 aliphatic carbocycles. The van der Waals surface area contributed by atoms with Gasteiger partial charge in [-0.25, -0.2) is 0 Å². The van der Waals surface area contributed by atoms with Crippen LogP contribution in [0.25, 0.3) is 11.4 Å². The van der Waals surface area contributed by atoms with E-state index in [4.69, 9.17) is 13.7 Å². The molecule has 0 unspecified atom stereocenters. The summed E-state index contributed by atoms with van der Waals surface area (Å²) in [4.78, 5) is 8.72. The van der Waals surface area contributed by atoms with Gasteiger partial charge in [0.2, 0.25) is 11.7 Å². The predicted molar refractivity (Wildman–Crippen MR) is 116 cm³/mol. The number of benzene rings is 1. The van der Waals surface area contributed by atoms with Crippen LogP contribution >= 0.6 is 0 Å². The van der Waals surface area contributed by atoms with Crippen molar-refractivity contribution < 1.29 is 13.7 Å². The molecule has 0 fully saturated rings. The second kappa shape index (κ2) is 11.6. The Morgan fingerprint density at radius 1 is 1.03 bits per heavy atom. The van der Waals surface area contributed by atoms with Crippen LogP contribution in [0.3, 0.4) is 0 Å². The molecule has 3 rings (SSSR count). The molecule has 8 heteroatoms. The van der Waals surface area contributed by atoms with E-state index in [1.165, 1.54) is 0 Å². The maximum absolute atomic E-state index is 5.37. The van der Waals surface area contributed by atoms with Crippen molar-refractivity contribution in [3.05, 3.63) is 54.3 Å². The lowest BCUT2D eigenvalue weighted by Crippen LogP contribution is -2.38. The van der Waals surface area contributed by atoms with Gasteiger partial charge in [-0.15, -0.1) is 0 Å². The number of methoxy groups -OCH3 is 1. The van der Waals surface area contributed by atoms with Crippen molar-refractivity contribution in [2.75, 3.05) is 27.2 Å². The highest BCUT2D eigenvalue weighted by Crippen LogP contribution is 2.20. The van der Waals surface area contributed by atoms with Gasteiger partial charge in [0.15, 0.2) is 5.96 Å². The van der Waals surface area contributed by atoms with Gasteiger partial charge in [0.1, 0.15) is 11.5 Å². The third-order valence-corrected chi connectivity index (χ3v) is 4.64. The lowest BCUT2D eigenvalue weighted by molar-refractivity contribution is 0.374. The average Bonchev–Trinajstić information content (AvgIpc) is 3.47. The number of hydrogen-bond donors (Lipinski definition) is 2. The van der Waals surface area contributed by atoms with Gasteiger partial charge < -0.3 is 24.3 Å². The first-order chi connectivity index (χ1) is 14.8. The smallest absolute Gasteiger partial charge is 0.226 e. The molecule has 0 saturated heterocycles. The number of nitrogens with zero attached hydrogens (tertiary/aromatic N) is 3. The summed E-state index contributed by atoms with van der Waals surface area (Å²) >= 11 is 0. The number of rotatable bonds is 11. The summed E-state index contributed by atoms with van der Waals surface area (Å²) in [6.45, 7) is 1.64. The Morgan fingerprint density at radius 3 is 2.60 bits per heavy atom. The summed E-state index contributed by atoms with van der Waals surface area (Å²) in [5.74, 6) is 3.86. The van der Waals surface area contributed by atoms with Crippen molar-refractivity contribution in [2.24, 2.45) is 4.99 Å². The van der Waals surface area contributed by atoms with E-state index in [2.05, 4.69) is 25.8 Å². The fourth-order valence-electron chi connectivity index (χ4n) is 2.98. The summed E-state index contributed by atoms with van der Waals surface area (Å²) in [5.41, 5.74) is 0.918. The van der Waals surface area contributed by atoms with Crippen LogP contribution in [0.15, 0.2) is 56.6 Å². The van der Waals surface area contributed by atoms with Crippen LogP contribution in [0, 0.1) is 0 Å². The number of unbranched alkanes of at least 4 members (excludes halogenated alkanes) is 2. The number of nitrogens with one attached hydrogen (secondary N) is 2. The number of ether oxygens (including phenoxy) is 1. The van der Waals surface area contributed by atoms with E-state index in [9.17, 15) is 0 Å². The van der Waals surface area contributed by atoms with Crippen molar-refractivity contribution >= 4 is 5.96 Å². The second-order valence-electron chi connectivity index (χ2n) is 6.81. The summed E-state index contributed by atoms with van der Waals surface area (Å²) < 4.78 is 15.9. The SMILES string of the molecule is CN=C(NCCCCCc1nc(-c2ccc(OC)cc2)no1)NCCc1ccco1. The highest BCUT2D eigenvalue weighted by atomic mass is 16.5. The third-order valence-electron chi connectivity index (χ3n) is 4.64. The largest absolute Gasteiger partial charge is 0.497 e. The molecule has 0 spiro atoms. The number of aromatic nitrogens is 2. The summed E-state index contributed by atoms with van der Waals surface area (Å²) in [5, 5.41) is 10.7. The number of guanidine groups is 1. The Hall–Kier alpha value is -3.29. The Bertz CT molecular complexity index is 888. The summed E-state index contributed by atoms with van der Waals surface area (Å²) in [6.07, 6.45) is 6.40. The van der Waals surface area contributed by atoms with Gasteiger partial charge in [0.25, 0.3) is 0 Å². The Balaban J connectivity index is 1.29. The fraction of sp³-hybridized carbons (Fsp3) is 0.409.